The fourth-order valence-corrected chi connectivity index (χ4v) is 1.78. The Hall–Kier alpha value is -1.75. The molecule has 3 N–H and O–H groups in total. The van der Waals surface area contributed by atoms with E-state index < -0.39 is 0 Å². The van der Waals surface area contributed by atoms with Crippen molar-refractivity contribution in [3.63, 3.8) is 0 Å². The van der Waals surface area contributed by atoms with Crippen LogP contribution in [0.2, 0.25) is 0 Å². The molecule has 0 unspecified atom stereocenters. The average molecular weight is 235 g/mol. The van der Waals surface area contributed by atoms with Crippen molar-refractivity contribution >= 4 is 11.6 Å². The van der Waals surface area contributed by atoms with Gasteiger partial charge in [0.05, 0.1) is 12.2 Å². The number of hydrogen-bond donors (Lipinski definition) is 2. The van der Waals surface area contributed by atoms with Crippen LogP contribution in [0.4, 0.5) is 5.69 Å². The highest BCUT2D eigenvalue weighted by molar-refractivity contribution is 5.78. The highest BCUT2D eigenvalue weighted by Gasteiger charge is 2.15. The number of piperazine rings is 1. The van der Waals surface area contributed by atoms with E-state index in [1.807, 2.05) is 24.3 Å². The highest BCUT2D eigenvalue weighted by Crippen LogP contribution is 2.19. The number of anilines is 1. The molecular formula is C12H17N3O2. The lowest BCUT2D eigenvalue weighted by molar-refractivity contribution is -0.124. The minimum Gasteiger partial charge on any atom is -0.490 e. The van der Waals surface area contributed by atoms with E-state index >= 15 is 0 Å². The van der Waals surface area contributed by atoms with E-state index in [-0.39, 0.29) is 5.91 Å². The van der Waals surface area contributed by atoms with Gasteiger partial charge in [-0.3, -0.25) is 9.69 Å². The molecule has 1 saturated heterocycles. The molecule has 0 spiro atoms. The second-order valence-electron chi connectivity index (χ2n) is 4.01. The third-order valence-corrected chi connectivity index (χ3v) is 2.70. The van der Waals surface area contributed by atoms with Gasteiger partial charge in [-0.25, -0.2) is 0 Å². The van der Waals surface area contributed by atoms with E-state index in [1.54, 1.807) is 0 Å². The second-order valence-corrected chi connectivity index (χ2v) is 4.01. The molecule has 1 aromatic rings. The van der Waals surface area contributed by atoms with Gasteiger partial charge in [0.1, 0.15) is 12.4 Å². The molecule has 0 bridgehead atoms. The number of carbonyl (C=O) groups is 1. The van der Waals surface area contributed by atoms with Crippen molar-refractivity contribution in [1.82, 2.24) is 10.2 Å². The summed E-state index contributed by atoms with van der Waals surface area (Å²) in [5, 5.41) is 2.79. The largest absolute Gasteiger partial charge is 0.490 e. The smallest absolute Gasteiger partial charge is 0.234 e. The van der Waals surface area contributed by atoms with E-state index in [0.717, 1.165) is 13.1 Å². The molecule has 0 aromatic heterocycles. The number of nitrogens with zero attached hydrogens (tertiary/aromatic N) is 1. The fourth-order valence-electron chi connectivity index (χ4n) is 1.78. The number of ether oxygens (including phenoxy) is 1. The Bertz CT molecular complexity index is 395. The Balaban J connectivity index is 1.76. The topological polar surface area (TPSA) is 67.6 Å². The number of benzene rings is 1. The third-order valence-electron chi connectivity index (χ3n) is 2.70. The minimum absolute atomic E-state index is 0.0791. The number of nitrogens with one attached hydrogen (secondary N) is 1. The maximum absolute atomic E-state index is 11.1. The molecule has 2 rings (SSSR count). The summed E-state index contributed by atoms with van der Waals surface area (Å²) in [6.07, 6.45) is 0. The van der Waals surface area contributed by atoms with Crippen LogP contribution in [-0.2, 0) is 4.79 Å². The maximum atomic E-state index is 11.1. The van der Waals surface area contributed by atoms with Gasteiger partial charge in [0.2, 0.25) is 5.91 Å². The van der Waals surface area contributed by atoms with Gasteiger partial charge in [0.15, 0.2) is 0 Å². The van der Waals surface area contributed by atoms with E-state index in [1.165, 1.54) is 0 Å². The number of para-hydroxylation sites is 2. The predicted molar refractivity (Wildman–Crippen MR) is 65.8 cm³/mol. The maximum Gasteiger partial charge on any atom is 0.234 e. The van der Waals surface area contributed by atoms with Gasteiger partial charge in [0, 0.05) is 19.6 Å². The van der Waals surface area contributed by atoms with Crippen LogP contribution in [0.25, 0.3) is 0 Å². The van der Waals surface area contributed by atoms with Crippen molar-refractivity contribution in [2.45, 2.75) is 0 Å². The summed E-state index contributed by atoms with van der Waals surface area (Å²) in [5.74, 6) is 0.782. The summed E-state index contributed by atoms with van der Waals surface area (Å²) in [5.41, 5.74) is 6.40. The minimum atomic E-state index is 0.0791. The molecular weight excluding hydrogens is 218 g/mol. The molecule has 1 aliphatic heterocycles. The molecule has 1 amide bonds. The van der Waals surface area contributed by atoms with Crippen LogP contribution in [0.1, 0.15) is 0 Å². The van der Waals surface area contributed by atoms with Crippen molar-refractivity contribution in [1.29, 1.82) is 0 Å². The standard InChI is InChI=1S/C12H17N3O2/c13-10-3-1-2-4-11(10)17-8-7-15-6-5-14-12(16)9-15/h1-4H,5-9,13H2,(H,14,16). The summed E-state index contributed by atoms with van der Waals surface area (Å²) < 4.78 is 5.58. The van der Waals surface area contributed by atoms with Gasteiger partial charge < -0.3 is 15.8 Å². The monoisotopic (exact) mass is 235 g/mol. The highest BCUT2D eigenvalue weighted by atomic mass is 16.5. The Kier molecular flexibility index (Phi) is 3.82. The summed E-state index contributed by atoms with van der Waals surface area (Å²) in [4.78, 5) is 13.2. The first-order valence-electron chi connectivity index (χ1n) is 5.72. The molecule has 1 aromatic carbocycles. The van der Waals surface area contributed by atoms with Crippen molar-refractivity contribution in [3.05, 3.63) is 24.3 Å². The summed E-state index contributed by atoms with van der Waals surface area (Å²) >= 11 is 0. The van der Waals surface area contributed by atoms with Crippen LogP contribution >= 0.6 is 0 Å². The van der Waals surface area contributed by atoms with E-state index in [4.69, 9.17) is 10.5 Å². The summed E-state index contributed by atoms with van der Waals surface area (Å²) in [6.45, 7) is 3.32. The molecule has 92 valence electrons. The van der Waals surface area contributed by atoms with E-state index in [0.29, 0.717) is 31.1 Å². The van der Waals surface area contributed by atoms with Crippen molar-refractivity contribution < 1.29 is 9.53 Å². The molecule has 1 fully saturated rings. The Labute approximate surface area is 101 Å². The zero-order valence-corrected chi connectivity index (χ0v) is 9.69. The zero-order chi connectivity index (χ0) is 12.1. The molecule has 0 aliphatic carbocycles. The number of carbonyl (C=O) groups excluding carboxylic acids is 1. The predicted octanol–water partition coefficient (Wildman–Crippen LogP) is 0.0794. The Morgan fingerprint density at radius 1 is 1.41 bits per heavy atom. The molecule has 1 aliphatic rings. The molecule has 1 heterocycles. The first-order chi connectivity index (χ1) is 8.25. The van der Waals surface area contributed by atoms with Crippen LogP contribution in [0.5, 0.6) is 5.75 Å². The lowest BCUT2D eigenvalue weighted by Crippen LogP contribution is -2.48. The number of nitrogens with two attached hydrogens (primary N) is 1. The number of rotatable bonds is 4. The number of nitrogen functional groups attached to an aromatic ring is 1. The van der Waals surface area contributed by atoms with Gasteiger partial charge in [-0.2, -0.15) is 0 Å². The first kappa shape index (κ1) is 11.7. The van der Waals surface area contributed by atoms with Crippen molar-refractivity contribution in [2.24, 2.45) is 0 Å². The fraction of sp³-hybridized carbons (Fsp3) is 0.417. The Morgan fingerprint density at radius 2 is 2.24 bits per heavy atom. The van der Waals surface area contributed by atoms with Gasteiger partial charge in [-0.15, -0.1) is 0 Å². The average Bonchev–Trinajstić information content (AvgIpc) is 2.32. The van der Waals surface area contributed by atoms with Crippen LogP contribution < -0.4 is 15.8 Å². The molecule has 5 nitrogen and oxygen atoms in total. The van der Waals surface area contributed by atoms with Crippen LogP contribution in [0, 0.1) is 0 Å². The van der Waals surface area contributed by atoms with Gasteiger partial charge in [0.25, 0.3) is 0 Å². The lowest BCUT2D eigenvalue weighted by Gasteiger charge is -2.26. The molecule has 0 saturated carbocycles. The SMILES string of the molecule is Nc1ccccc1OCCN1CCNC(=O)C1. The molecule has 17 heavy (non-hydrogen) atoms. The van der Waals surface area contributed by atoms with Crippen molar-refractivity contribution in [3.8, 4) is 5.75 Å². The van der Waals surface area contributed by atoms with Gasteiger partial charge in [-0.1, -0.05) is 12.1 Å². The summed E-state index contributed by atoms with van der Waals surface area (Å²) in [7, 11) is 0. The number of amides is 1. The quantitative estimate of drug-likeness (QED) is 0.725. The number of hydrogen-bond acceptors (Lipinski definition) is 4. The van der Waals surface area contributed by atoms with Crippen LogP contribution in [-0.4, -0.2) is 43.6 Å². The normalized spacial score (nSPS) is 16.6. The summed E-state index contributed by atoms with van der Waals surface area (Å²) in [6, 6.07) is 7.42. The van der Waals surface area contributed by atoms with Gasteiger partial charge in [-0.05, 0) is 12.1 Å². The Morgan fingerprint density at radius 3 is 3.00 bits per heavy atom. The van der Waals surface area contributed by atoms with E-state index in [9.17, 15) is 4.79 Å². The lowest BCUT2D eigenvalue weighted by atomic mass is 10.3. The van der Waals surface area contributed by atoms with Gasteiger partial charge >= 0.3 is 0 Å². The first-order valence-corrected chi connectivity index (χ1v) is 5.72. The molecule has 5 heteroatoms. The van der Waals surface area contributed by atoms with Crippen LogP contribution in [0.3, 0.4) is 0 Å². The second kappa shape index (κ2) is 5.54. The van der Waals surface area contributed by atoms with E-state index in [2.05, 4.69) is 10.2 Å². The molecule has 0 radical (unpaired) electrons. The molecule has 0 atom stereocenters. The zero-order valence-electron chi connectivity index (χ0n) is 9.69. The van der Waals surface area contributed by atoms with Crippen LogP contribution in [0.15, 0.2) is 24.3 Å². The third kappa shape index (κ3) is 3.35. The van der Waals surface area contributed by atoms with Crippen molar-refractivity contribution in [2.75, 3.05) is 38.5 Å².